The van der Waals surface area contributed by atoms with Crippen molar-refractivity contribution in [2.24, 2.45) is 0 Å². The van der Waals surface area contributed by atoms with Crippen LogP contribution < -0.4 is 10.6 Å². The predicted octanol–water partition coefficient (Wildman–Crippen LogP) is 2.85. The largest absolute Gasteiger partial charge is 0.469 e. The van der Waals surface area contributed by atoms with Gasteiger partial charge in [-0.05, 0) is 32.4 Å². The second-order valence-electron chi connectivity index (χ2n) is 4.61. The van der Waals surface area contributed by atoms with Crippen molar-refractivity contribution in [3.8, 4) is 0 Å². The number of rotatable bonds is 6. The van der Waals surface area contributed by atoms with E-state index in [0.29, 0.717) is 6.04 Å². The number of furan rings is 1. The molecule has 0 saturated heterocycles. The zero-order valence-corrected chi connectivity index (χ0v) is 11.6. The summed E-state index contributed by atoms with van der Waals surface area (Å²) < 4.78 is 5.33. The van der Waals surface area contributed by atoms with Crippen molar-refractivity contribution >= 4 is 11.6 Å². The third-order valence-corrected chi connectivity index (χ3v) is 3.11. The van der Waals surface area contributed by atoms with Crippen molar-refractivity contribution in [1.82, 2.24) is 9.97 Å². The van der Waals surface area contributed by atoms with Gasteiger partial charge in [0.25, 0.3) is 0 Å². The number of aromatic nitrogens is 2. The van der Waals surface area contributed by atoms with Crippen molar-refractivity contribution in [3.05, 3.63) is 36.0 Å². The Morgan fingerprint density at radius 2 is 2.11 bits per heavy atom. The van der Waals surface area contributed by atoms with Gasteiger partial charge in [-0.3, -0.25) is 0 Å². The van der Waals surface area contributed by atoms with Gasteiger partial charge < -0.3 is 15.1 Å². The predicted molar refractivity (Wildman–Crippen MR) is 76.4 cm³/mol. The molecule has 102 valence electrons. The number of nitrogens with one attached hydrogen (secondary N) is 2. The zero-order valence-electron chi connectivity index (χ0n) is 11.6. The molecule has 2 heterocycles. The molecule has 0 aliphatic rings. The van der Waals surface area contributed by atoms with Crippen LogP contribution in [0.1, 0.15) is 24.7 Å². The minimum atomic E-state index is 0.323. The summed E-state index contributed by atoms with van der Waals surface area (Å²) >= 11 is 0. The van der Waals surface area contributed by atoms with Crippen LogP contribution in [0, 0.1) is 6.92 Å². The maximum Gasteiger partial charge on any atom is 0.134 e. The highest BCUT2D eigenvalue weighted by Crippen LogP contribution is 2.19. The third kappa shape index (κ3) is 3.47. The highest BCUT2D eigenvalue weighted by Gasteiger charge is 2.09. The molecule has 19 heavy (non-hydrogen) atoms. The number of hydrogen-bond donors (Lipinski definition) is 2. The highest BCUT2D eigenvalue weighted by molar-refractivity contribution is 5.56. The van der Waals surface area contributed by atoms with Crippen LogP contribution >= 0.6 is 0 Å². The SMILES string of the molecule is CNc1ncnc(NC(C)CCc2ccco2)c1C. The van der Waals surface area contributed by atoms with E-state index in [1.54, 1.807) is 12.6 Å². The first kappa shape index (κ1) is 13.4. The molecule has 2 aromatic rings. The molecule has 0 saturated carbocycles. The Kier molecular flexibility index (Phi) is 4.39. The molecule has 5 heteroatoms. The highest BCUT2D eigenvalue weighted by atomic mass is 16.3. The maximum absolute atomic E-state index is 5.33. The van der Waals surface area contributed by atoms with Crippen molar-refractivity contribution in [2.45, 2.75) is 32.7 Å². The third-order valence-electron chi connectivity index (χ3n) is 3.11. The Morgan fingerprint density at radius 1 is 1.32 bits per heavy atom. The average molecular weight is 260 g/mol. The lowest BCUT2D eigenvalue weighted by molar-refractivity contribution is 0.495. The first-order valence-electron chi connectivity index (χ1n) is 6.49. The molecule has 0 aliphatic carbocycles. The van der Waals surface area contributed by atoms with Gasteiger partial charge >= 0.3 is 0 Å². The molecular formula is C14H20N4O. The van der Waals surface area contributed by atoms with E-state index in [1.807, 2.05) is 26.1 Å². The lowest BCUT2D eigenvalue weighted by Gasteiger charge is -2.16. The molecule has 5 nitrogen and oxygen atoms in total. The van der Waals surface area contributed by atoms with E-state index in [9.17, 15) is 0 Å². The molecular weight excluding hydrogens is 240 g/mol. The van der Waals surface area contributed by atoms with Crippen LogP contribution in [-0.2, 0) is 6.42 Å². The molecule has 2 aromatic heterocycles. The molecule has 0 aromatic carbocycles. The summed E-state index contributed by atoms with van der Waals surface area (Å²) in [6.07, 6.45) is 5.19. The Hall–Kier alpha value is -2.04. The van der Waals surface area contributed by atoms with E-state index in [0.717, 1.165) is 35.8 Å². The quantitative estimate of drug-likeness (QED) is 0.836. The average Bonchev–Trinajstić information content (AvgIpc) is 2.92. The van der Waals surface area contributed by atoms with Crippen LogP contribution in [0.2, 0.25) is 0 Å². The van der Waals surface area contributed by atoms with Gasteiger partial charge in [0.1, 0.15) is 23.7 Å². The first-order valence-corrected chi connectivity index (χ1v) is 6.49. The second kappa shape index (κ2) is 6.22. The first-order chi connectivity index (χ1) is 9.20. The molecule has 2 rings (SSSR count). The van der Waals surface area contributed by atoms with Crippen molar-refractivity contribution < 1.29 is 4.42 Å². The Labute approximate surface area is 113 Å². The van der Waals surface area contributed by atoms with Gasteiger partial charge in [-0.15, -0.1) is 0 Å². The van der Waals surface area contributed by atoms with E-state index in [4.69, 9.17) is 4.42 Å². The van der Waals surface area contributed by atoms with Gasteiger partial charge in [-0.25, -0.2) is 9.97 Å². The molecule has 0 amide bonds. The van der Waals surface area contributed by atoms with Crippen LogP contribution in [-0.4, -0.2) is 23.1 Å². The normalized spacial score (nSPS) is 12.2. The van der Waals surface area contributed by atoms with Gasteiger partial charge in [-0.1, -0.05) is 0 Å². The van der Waals surface area contributed by atoms with Crippen LogP contribution in [0.5, 0.6) is 0 Å². The fourth-order valence-electron chi connectivity index (χ4n) is 1.97. The van der Waals surface area contributed by atoms with E-state index < -0.39 is 0 Å². The summed E-state index contributed by atoms with van der Waals surface area (Å²) in [5, 5.41) is 6.47. The molecule has 0 bridgehead atoms. The smallest absolute Gasteiger partial charge is 0.134 e. The molecule has 2 N–H and O–H groups in total. The summed E-state index contributed by atoms with van der Waals surface area (Å²) in [5.41, 5.74) is 1.04. The fraction of sp³-hybridized carbons (Fsp3) is 0.429. The number of nitrogens with zero attached hydrogens (tertiary/aromatic N) is 2. The van der Waals surface area contributed by atoms with Crippen LogP contribution in [0.25, 0.3) is 0 Å². The summed E-state index contributed by atoms with van der Waals surface area (Å²) in [5.74, 6) is 2.76. The lowest BCUT2D eigenvalue weighted by atomic mass is 10.1. The van der Waals surface area contributed by atoms with Crippen molar-refractivity contribution in [2.75, 3.05) is 17.7 Å². The number of hydrogen-bond acceptors (Lipinski definition) is 5. The van der Waals surface area contributed by atoms with Gasteiger partial charge in [0.15, 0.2) is 0 Å². The minimum absolute atomic E-state index is 0.323. The van der Waals surface area contributed by atoms with E-state index >= 15 is 0 Å². The van der Waals surface area contributed by atoms with Crippen molar-refractivity contribution in [1.29, 1.82) is 0 Å². The number of anilines is 2. The zero-order chi connectivity index (χ0) is 13.7. The van der Waals surface area contributed by atoms with E-state index in [-0.39, 0.29) is 0 Å². The standard InChI is InChI=1S/C14H20N4O/c1-10(6-7-12-5-4-8-19-12)18-14-11(2)13(15-3)16-9-17-14/h4-5,8-10H,6-7H2,1-3H3,(H2,15,16,17,18). The van der Waals surface area contributed by atoms with Gasteiger partial charge in [0.2, 0.25) is 0 Å². The lowest BCUT2D eigenvalue weighted by Crippen LogP contribution is -2.18. The van der Waals surface area contributed by atoms with E-state index in [2.05, 4.69) is 27.5 Å². The van der Waals surface area contributed by atoms with Crippen molar-refractivity contribution in [3.63, 3.8) is 0 Å². The second-order valence-corrected chi connectivity index (χ2v) is 4.61. The molecule has 0 fully saturated rings. The summed E-state index contributed by atoms with van der Waals surface area (Å²) in [7, 11) is 1.86. The number of aryl methyl sites for hydroxylation is 1. The molecule has 1 atom stereocenters. The van der Waals surface area contributed by atoms with Crippen LogP contribution in [0.3, 0.4) is 0 Å². The molecule has 0 radical (unpaired) electrons. The van der Waals surface area contributed by atoms with Gasteiger partial charge in [0.05, 0.1) is 6.26 Å². The van der Waals surface area contributed by atoms with Gasteiger partial charge in [-0.2, -0.15) is 0 Å². The van der Waals surface area contributed by atoms with Gasteiger partial charge in [0, 0.05) is 25.1 Å². The molecule has 0 spiro atoms. The Bertz CT molecular complexity index is 510. The Morgan fingerprint density at radius 3 is 2.79 bits per heavy atom. The van der Waals surface area contributed by atoms with Crippen LogP contribution in [0.15, 0.2) is 29.1 Å². The summed E-state index contributed by atoms with van der Waals surface area (Å²) in [4.78, 5) is 8.46. The van der Waals surface area contributed by atoms with E-state index in [1.165, 1.54) is 0 Å². The summed E-state index contributed by atoms with van der Waals surface area (Å²) in [6, 6.07) is 4.24. The minimum Gasteiger partial charge on any atom is -0.469 e. The molecule has 0 aliphatic heterocycles. The maximum atomic E-state index is 5.33. The topological polar surface area (TPSA) is 63.0 Å². The summed E-state index contributed by atoms with van der Waals surface area (Å²) in [6.45, 7) is 4.15. The molecule has 1 unspecified atom stereocenters. The monoisotopic (exact) mass is 260 g/mol. The Balaban J connectivity index is 1.93. The fourth-order valence-corrected chi connectivity index (χ4v) is 1.97. The van der Waals surface area contributed by atoms with Crippen LogP contribution in [0.4, 0.5) is 11.6 Å².